The van der Waals surface area contributed by atoms with Crippen LogP contribution >= 0.6 is 11.3 Å². The van der Waals surface area contributed by atoms with Crippen LogP contribution in [0.2, 0.25) is 0 Å². The zero-order valence-corrected chi connectivity index (χ0v) is 12.6. The molecule has 0 saturated heterocycles. The maximum Gasteiger partial charge on any atom is 0.287 e. The molecule has 0 fully saturated rings. The van der Waals surface area contributed by atoms with E-state index in [0.717, 1.165) is 16.4 Å². The van der Waals surface area contributed by atoms with Gasteiger partial charge in [0.2, 0.25) is 0 Å². The lowest BCUT2D eigenvalue weighted by Crippen LogP contribution is -2.28. The van der Waals surface area contributed by atoms with Gasteiger partial charge in [-0.15, -0.1) is 11.3 Å². The van der Waals surface area contributed by atoms with Crippen molar-refractivity contribution in [3.8, 4) is 11.3 Å². The van der Waals surface area contributed by atoms with Crippen molar-refractivity contribution < 1.29 is 9.21 Å². The number of nitrogens with one attached hydrogen (secondary N) is 2. The Morgan fingerprint density at radius 1 is 1.14 bits per heavy atom. The van der Waals surface area contributed by atoms with Crippen LogP contribution in [0, 0.1) is 0 Å². The minimum Gasteiger partial charge on any atom is -0.459 e. The lowest BCUT2D eigenvalue weighted by molar-refractivity contribution is 0.0927. The second-order valence-electron chi connectivity index (χ2n) is 4.56. The Hall–Kier alpha value is -2.60. The van der Waals surface area contributed by atoms with Crippen LogP contribution in [0.15, 0.2) is 58.5 Å². The molecule has 0 spiro atoms. The summed E-state index contributed by atoms with van der Waals surface area (Å²) in [7, 11) is 0. The van der Waals surface area contributed by atoms with Gasteiger partial charge in [0.1, 0.15) is 0 Å². The summed E-state index contributed by atoms with van der Waals surface area (Å²) in [6.07, 6.45) is 1.48. The van der Waals surface area contributed by atoms with E-state index >= 15 is 0 Å². The molecular weight excluding hydrogens is 298 g/mol. The van der Waals surface area contributed by atoms with E-state index in [2.05, 4.69) is 15.6 Å². The Morgan fingerprint density at radius 3 is 2.77 bits per heavy atom. The molecule has 5 nitrogen and oxygen atoms in total. The maximum atomic E-state index is 11.7. The van der Waals surface area contributed by atoms with Gasteiger partial charge in [0.05, 0.1) is 12.0 Å². The van der Waals surface area contributed by atoms with E-state index in [1.165, 1.54) is 6.26 Å². The molecular formula is C16H15N3O2S. The molecule has 0 aliphatic heterocycles. The second kappa shape index (κ2) is 6.91. The number of hydrogen-bond acceptors (Lipinski definition) is 5. The van der Waals surface area contributed by atoms with E-state index in [-0.39, 0.29) is 5.91 Å². The third kappa shape index (κ3) is 3.53. The lowest BCUT2D eigenvalue weighted by atomic mass is 10.2. The number of furan rings is 1. The number of benzene rings is 1. The minimum absolute atomic E-state index is 0.212. The molecule has 0 unspecified atom stereocenters. The monoisotopic (exact) mass is 313 g/mol. The van der Waals surface area contributed by atoms with Crippen LogP contribution < -0.4 is 10.6 Å². The summed E-state index contributed by atoms with van der Waals surface area (Å²) in [4.78, 5) is 16.2. The van der Waals surface area contributed by atoms with Crippen molar-refractivity contribution in [3.63, 3.8) is 0 Å². The van der Waals surface area contributed by atoms with Gasteiger partial charge in [-0.2, -0.15) is 0 Å². The first-order chi connectivity index (χ1) is 10.8. The number of hydrogen-bond donors (Lipinski definition) is 2. The van der Waals surface area contributed by atoms with Gasteiger partial charge < -0.3 is 15.1 Å². The number of amides is 1. The second-order valence-corrected chi connectivity index (χ2v) is 5.42. The molecule has 1 aromatic carbocycles. The quantitative estimate of drug-likeness (QED) is 0.686. The van der Waals surface area contributed by atoms with E-state index in [0.29, 0.717) is 18.8 Å². The van der Waals surface area contributed by atoms with Crippen molar-refractivity contribution in [1.29, 1.82) is 0 Å². The molecule has 3 aromatic rings. The van der Waals surface area contributed by atoms with Crippen LogP contribution in [0.25, 0.3) is 11.3 Å². The Labute approximate surface area is 132 Å². The molecule has 112 valence electrons. The Kier molecular flexibility index (Phi) is 4.50. The fourth-order valence-electron chi connectivity index (χ4n) is 1.94. The first-order valence-corrected chi connectivity index (χ1v) is 7.77. The summed E-state index contributed by atoms with van der Waals surface area (Å²) in [5, 5.41) is 8.82. The molecule has 22 heavy (non-hydrogen) atoms. The number of carbonyl (C=O) groups is 1. The van der Waals surface area contributed by atoms with Crippen LogP contribution in [0.5, 0.6) is 0 Å². The van der Waals surface area contributed by atoms with Crippen molar-refractivity contribution in [2.24, 2.45) is 0 Å². The van der Waals surface area contributed by atoms with Gasteiger partial charge in [-0.05, 0) is 12.1 Å². The number of carbonyl (C=O) groups excluding carboxylic acids is 1. The Bertz CT molecular complexity index is 723. The van der Waals surface area contributed by atoms with Gasteiger partial charge in [-0.25, -0.2) is 4.98 Å². The predicted molar refractivity (Wildman–Crippen MR) is 87.1 cm³/mol. The average Bonchev–Trinajstić information content (AvgIpc) is 3.24. The third-order valence-corrected chi connectivity index (χ3v) is 3.81. The summed E-state index contributed by atoms with van der Waals surface area (Å²) in [6.45, 7) is 1.11. The first kappa shape index (κ1) is 14.3. The zero-order valence-electron chi connectivity index (χ0n) is 11.8. The maximum absolute atomic E-state index is 11.7. The standard InChI is InChI=1S/C16H15N3O2S/c20-15(14-7-4-10-21-14)17-8-9-18-16-19-13(11-22-16)12-5-2-1-3-6-12/h1-7,10-11H,8-9H2,(H,17,20)(H,18,19). The van der Waals surface area contributed by atoms with Gasteiger partial charge in [0.25, 0.3) is 5.91 Å². The van der Waals surface area contributed by atoms with Crippen molar-refractivity contribution >= 4 is 22.4 Å². The third-order valence-electron chi connectivity index (χ3n) is 3.01. The van der Waals surface area contributed by atoms with Gasteiger partial charge in [0.15, 0.2) is 10.9 Å². The van der Waals surface area contributed by atoms with Gasteiger partial charge >= 0.3 is 0 Å². The largest absolute Gasteiger partial charge is 0.459 e. The summed E-state index contributed by atoms with van der Waals surface area (Å²) < 4.78 is 5.02. The molecule has 0 radical (unpaired) electrons. The summed E-state index contributed by atoms with van der Waals surface area (Å²) in [5.41, 5.74) is 2.05. The lowest BCUT2D eigenvalue weighted by Gasteiger charge is -2.04. The van der Waals surface area contributed by atoms with Crippen molar-refractivity contribution in [2.45, 2.75) is 0 Å². The van der Waals surface area contributed by atoms with E-state index in [1.54, 1.807) is 23.5 Å². The minimum atomic E-state index is -0.212. The number of nitrogens with zero attached hydrogens (tertiary/aromatic N) is 1. The average molecular weight is 313 g/mol. The van der Waals surface area contributed by atoms with E-state index < -0.39 is 0 Å². The normalized spacial score (nSPS) is 10.4. The zero-order chi connectivity index (χ0) is 15.2. The van der Waals surface area contributed by atoms with Crippen LogP contribution in [0.4, 0.5) is 5.13 Å². The Balaban J connectivity index is 1.47. The molecule has 0 atom stereocenters. The number of aromatic nitrogens is 1. The molecule has 0 saturated carbocycles. The van der Waals surface area contributed by atoms with Crippen LogP contribution in [-0.2, 0) is 0 Å². The first-order valence-electron chi connectivity index (χ1n) is 6.89. The summed E-state index contributed by atoms with van der Waals surface area (Å²) in [5.74, 6) is 0.108. The van der Waals surface area contributed by atoms with Crippen molar-refractivity contribution in [3.05, 3.63) is 59.9 Å². The van der Waals surface area contributed by atoms with Gasteiger partial charge in [-0.1, -0.05) is 30.3 Å². The molecule has 3 rings (SSSR count). The van der Waals surface area contributed by atoms with Crippen molar-refractivity contribution in [2.75, 3.05) is 18.4 Å². The molecule has 2 N–H and O–H groups in total. The van der Waals surface area contributed by atoms with Crippen LogP contribution in [0.3, 0.4) is 0 Å². The highest BCUT2D eigenvalue weighted by Gasteiger charge is 2.07. The molecule has 0 aliphatic rings. The summed E-state index contributed by atoms with van der Waals surface area (Å²) >= 11 is 1.55. The van der Waals surface area contributed by atoms with Gasteiger partial charge in [-0.3, -0.25) is 4.79 Å². The summed E-state index contributed by atoms with van der Waals surface area (Å²) in [6, 6.07) is 13.4. The highest BCUT2D eigenvalue weighted by Crippen LogP contribution is 2.24. The fraction of sp³-hybridized carbons (Fsp3) is 0.125. The number of rotatable bonds is 6. The Morgan fingerprint density at radius 2 is 2.00 bits per heavy atom. The predicted octanol–water partition coefficient (Wildman–Crippen LogP) is 3.25. The fourth-order valence-corrected chi connectivity index (χ4v) is 2.69. The number of thiazole rings is 1. The van der Waals surface area contributed by atoms with E-state index in [1.807, 2.05) is 35.7 Å². The molecule has 0 bridgehead atoms. The highest BCUT2D eigenvalue weighted by molar-refractivity contribution is 7.14. The molecule has 0 aliphatic carbocycles. The van der Waals surface area contributed by atoms with E-state index in [4.69, 9.17) is 4.42 Å². The molecule has 2 heterocycles. The highest BCUT2D eigenvalue weighted by atomic mass is 32.1. The van der Waals surface area contributed by atoms with Gasteiger partial charge in [0, 0.05) is 24.0 Å². The van der Waals surface area contributed by atoms with E-state index in [9.17, 15) is 4.79 Å². The smallest absolute Gasteiger partial charge is 0.287 e. The van der Waals surface area contributed by atoms with Crippen LogP contribution in [0.1, 0.15) is 10.6 Å². The van der Waals surface area contributed by atoms with Crippen molar-refractivity contribution in [1.82, 2.24) is 10.3 Å². The molecule has 1 amide bonds. The topological polar surface area (TPSA) is 67.2 Å². The molecule has 6 heteroatoms. The van der Waals surface area contributed by atoms with Crippen LogP contribution in [-0.4, -0.2) is 24.0 Å². The SMILES string of the molecule is O=C(NCCNc1nc(-c2ccccc2)cs1)c1ccco1. The molecule has 2 aromatic heterocycles. The number of anilines is 1.